The van der Waals surface area contributed by atoms with Crippen molar-refractivity contribution in [2.75, 3.05) is 12.1 Å². The lowest BCUT2D eigenvalue weighted by atomic mass is 10.1. The molecule has 0 aliphatic carbocycles. The van der Waals surface area contributed by atoms with Crippen molar-refractivity contribution < 1.29 is 18.7 Å². The van der Waals surface area contributed by atoms with Crippen LogP contribution < -0.4 is 16.6 Å². The minimum absolute atomic E-state index is 0.101. The number of nitrogens with two attached hydrogens (primary N) is 2. The number of hydrogen-bond acceptors (Lipinski definition) is 7. The number of hydrogen-bond donors (Lipinski definition) is 3. The summed E-state index contributed by atoms with van der Waals surface area (Å²) in [5.74, 6) is 2.97. The molecule has 0 aliphatic rings. The Hall–Kier alpha value is -2.94. The van der Waals surface area contributed by atoms with Crippen molar-refractivity contribution in [3.05, 3.63) is 36.2 Å². The van der Waals surface area contributed by atoms with Crippen LogP contribution >= 0.6 is 0 Å². The maximum absolute atomic E-state index is 13.9. The first kappa shape index (κ1) is 14.5. The van der Waals surface area contributed by atoms with Gasteiger partial charge in [-0.1, -0.05) is 0 Å². The van der Waals surface area contributed by atoms with Gasteiger partial charge in [-0.15, -0.1) is 0 Å². The van der Waals surface area contributed by atoms with Crippen LogP contribution in [0.15, 0.2) is 24.8 Å². The number of methoxy groups -OCH3 is 1. The number of aromatic amines is 1. The number of hydrazine groups is 1. The van der Waals surface area contributed by atoms with E-state index in [0.717, 1.165) is 18.3 Å². The monoisotopic (exact) mass is 293 g/mol. The number of carbonyl (C=O) groups is 2. The number of anilines is 1. The van der Waals surface area contributed by atoms with E-state index in [-0.39, 0.29) is 22.3 Å². The van der Waals surface area contributed by atoms with Gasteiger partial charge in [0.15, 0.2) is 11.6 Å². The SMILES string of the molecule is COC(=O)C(=O)c1c[nH]c2c(N(N)/C=C\N)ncc(F)c12. The topological polar surface area (TPSA) is 127 Å². The molecule has 0 bridgehead atoms. The van der Waals surface area contributed by atoms with Crippen LogP contribution in [-0.4, -0.2) is 28.8 Å². The highest BCUT2D eigenvalue weighted by Gasteiger charge is 2.24. The molecule has 0 atom stereocenters. The third-order valence-corrected chi connectivity index (χ3v) is 2.75. The largest absolute Gasteiger partial charge is 0.463 e. The molecule has 0 aliphatic heterocycles. The van der Waals surface area contributed by atoms with Crippen molar-refractivity contribution in [3.8, 4) is 0 Å². The van der Waals surface area contributed by atoms with Gasteiger partial charge in [0, 0.05) is 18.6 Å². The van der Waals surface area contributed by atoms with E-state index >= 15 is 0 Å². The van der Waals surface area contributed by atoms with Gasteiger partial charge in [0.1, 0.15) is 0 Å². The maximum Gasteiger partial charge on any atom is 0.379 e. The Morgan fingerprint density at radius 3 is 2.86 bits per heavy atom. The summed E-state index contributed by atoms with van der Waals surface area (Å²) in [6.45, 7) is 0. The van der Waals surface area contributed by atoms with Crippen LogP contribution in [0.1, 0.15) is 10.4 Å². The Balaban J connectivity index is 2.65. The first-order valence-electron chi connectivity index (χ1n) is 5.71. The molecule has 2 rings (SSSR count). The average Bonchev–Trinajstić information content (AvgIpc) is 2.91. The second-order valence-electron chi connectivity index (χ2n) is 3.95. The van der Waals surface area contributed by atoms with E-state index in [4.69, 9.17) is 11.6 Å². The minimum atomic E-state index is -1.10. The van der Waals surface area contributed by atoms with E-state index in [1.807, 2.05) is 0 Å². The molecule has 0 aromatic carbocycles. The van der Waals surface area contributed by atoms with Gasteiger partial charge in [-0.05, 0) is 0 Å². The van der Waals surface area contributed by atoms with E-state index in [9.17, 15) is 14.0 Å². The number of rotatable bonds is 4. The standard InChI is InChI=1S/C12H12FN5O3/c1-21-12(20)10(19)6-4-16-9-8(6)7(13)5-17-11(9)18(15)3-2-14/h2-5,16H,14-15H2,1H3/b3-2-. The summed E-state index contributed by atoms with van der Waals surface area (Å²) >= 11 is 0. The smallest absolute Gasteiger partial charge is 0.379 e. The van der Waals surface area contributed by atoms with Gasteiger partial charge < -0.3 is 15.5 Å². The number of H-pyrrole nitrogens is 1. The third kappa shape index (κ3) is 2.41. The molecular formula is C12H12FN5O3. The maximum atomic E-state index is 13.9. The van der Waals surface area contributed by atoms with Crippen LogP contribution in [0.2, 0.25) is 0 Å². The highest BCUT2D eigenvalue weighted by Crippen LogP contribution is 2.28. The van der Waals surface area contributed by atoms with E-state index in [2.05, 4.69) is 14.7 Å². The molecule has 2 heterocycles. The number of halogens is 1. The molecule has 2 aromatic rings. The zero-order chi connectivity index (χ0) is 15.6. The number of esters is 1. The molecule has 21 heavy (non-hydrogen) atoms. The average molecular weight is 293 g/mol. The van der Waals surface area contributed by atoms with Crippen LogP contribution in [0.25, 0.3) is 10.9 Å². The Bertz CT molecular complexity index is 740. The fourth-order valence-electron chi connectivity index (χ4n) is 1.84. The number of pyridine rings is 1. The number of nitrogens with zero attached hydrogens (tertiary/aromatic N) is 2. The van der Waals surface area contributed by atoms with Crippen LogP contribution in [0.4, 0.5) is 10.2 Å². The number of nitrogens with one attached hydrogen (secondary N) is 1. The third-order valence-electron chi connectivity index (χ3n) is 2.75. The highest BCUT2D eigenvalue weighted by molar-refractivity contribution is 6.43. The molecule has 0 unspecified atom stereocenters. The van der Waals surface area contributed by atoms with E-state index in [1.165, 1.54) is 18.6 Å². The van der Waals surface area contributed by atoms with Crippen molar-refractivity contribution in [1.29, 1.82) is 0 Å². The first-order valence-corrected chi connectivity index (χ1v) is 5.71. The van der Waals surface area contributed by atoms with Gasteiger partial charge in [-0.25, -0.2) is 20.0 Å². The van der Waals surface area contributed by atoms with Crippen LogP contribution in [-0.2, 0) is 9.53 Å². The molecule has 0 fully saturated rings. The van der Waals surface area contributed by atoms with Gasteiger partial charge >= 0.3 is 5.97 Å². The quantitative estimate of drug-likeness (QED) is 0.241. The fourth-order valence-corrected chi connectivity index (χ4v) is 1.84. The second-order valence-corrected chi connectivity index (χ2v) is 3.95. The number of Topliss-reactive ketones (excluding diaryl/α,β-unsaturated/α-hetero) is 1. The van der Waals surface area contributed by atoms with Crippen molar-refractivity contribution in [1.82, 2.24) is 9.97 Å². The molecule has 9 heteroatoms. The first-order chi connectivity index (χ1) is 10.0. The van der Waals surface area contributed by atoms with Crippen molar-refractivity contribution >= 4 is 28.5 Å². The molecule has 0 saturated carbocycles. The van der Waals surface area contributed by atoms with E-state index in [1.54, 1.807) is 0 Å². The Labute approximate surface area is 118 Å². The predicted octanol–water partition coefficient (Wildman–Crippen LogP) is 0.168. The number of aromatic nitrogens is 2. The molecule has 2 aromatic heterocycles. The Morgan fingerprint density at radius 2 is 2.24 bits per heavy atom. The molecule has 0 amide bonds. The van der Waals surface area contributed by atoms with E-state index < -0.39 is 17.6 Å². The molecule has 110 valence electrons. The highest BCUT2D eigenvalue weighted by atomic mass is 19.1. The fraction of sp³-hybridized carbons (Fsp3) is 0.0833. The normalized spacial score (nSPS) is 11.0. The van der Waals surface area contributed by atoms with Gasteiger partial charge in [-0.2, -0.15) is 0 Å². The Morgan fingerprint density at radius 1 is 1.52 bits per heavy atom. The second kappa shape index (κ2) is 5.59. The number of fused-ring (bicyclic) bond motifs is 1. The predicted molar refractivity (Wildman–Crippen MR) is 72.4 cm³/mol. The van der Waals surface area contributed by atoms with Gasteiger partial charge in [0.05, 0.1) is 29.8 Å². The van der Waals surface area contributed by atoms with Gasteiger partial charge in [0.2, 0.25) is 0 Å². The van der Waals surface area contributed by atoms with Crippen molar-refractivity contribution in [3.63, 3.8) is 0 Å². The summed E-state index contributed by atoms with van der Waals surface area (Å²) in [7, 11) is 1.06. The summed E-state index contributed by atoms with van der Waals surface area (Å²) < 4.78 is 18.3. The van der Waals surface area contributed by atoms with Crippen LogP contribution in [0.5, 0.6) is 0 Å². The van der Waals surface area contributed by atoms with Gasteiger partial charge in [-0.3, -0.25) is 9.80 Å². The lowest BCUT2D eigenvalue weighted by Gasteiger charge is -2.13. The van der Waals surface area contributed by atoms with Crippen molar-refractivity contribution in [2.24, 2.45) is 11.6 Å². The molecular weight excluding hydrogens is 281 g/mol. The molecule has 8 nitrogen and oxygen atoms in total. The molecule has 0 saturated heterocycles. The van der Waals surface area contributed by atoms with Crippen LogP contribution in [0.3, 0.4) is 0 Å². The Kier molecular flexibility index (Phi) is 3.85. The zero-order valence-electron chi connectivity index (χ0n) is 11.0. The number of ether oxygens (including phenoxy) is 1. The summed E-state index contributed by atoms with van der Waals surface area (Å²) in [6.07, 6.45) is 4.55. The minimum Gasteiger partial charge on any atom is -0.463 e. The number of carbonyl (C=O) groups excluding carboxylic acids is 2. The van der Waals surface area contributed by atoms with E-state index in [0.29, 0.717) is 0 Å². The molecule has 5 N–H and O–H groups in total. The molecule has 0 radical (unpaired) electrons. The van der Waals surface area contributed by atoms with Crippen molar-refractivity contribution in [2.45, 2.75) is 0 Å². The zero-order valence-corrected chi connectivity index (χ0v) is 11.0. The summed E-state index contributed by atoms with van der Waals surface area (Å²) in [5.41, 5.74) is 5.21. The lowest BCUT2D eigenvalue weighted by Crippen LogP contribution is -2.26. The van der Waals surface area contributed by atoms with Crippen LogP contribution in [0, 0.1) is 5.82 Å². The summed E-state index contributed by atoms with van der Waals surface area (Å²) in [5, 5.41) is 0.946. The number of ketones is 1. The summed E-state index contributed by atoms with van der Waals surface area (Å²) in [4.78, 5) is 29.6. The lowest BCUT2D eigenvalue weighted by molar-refractivity contribution is -0.135. The molecule has 0 spiro atoms. The van der Waals surface area contributed by atoms with Gasteiger partial charge in [0.25, 0.3) is 5.78 Å². The summed E-state index contributed by atoms with van der Waals surface area (Å²) in [6, 6.07) is 0.